The molecule has 2 aromatic carbocycles. The van der Waals surface area contributed by atoms with E-state index in [0.717, 1.165) is 11.3 Å². The lowest BCUT2D eigenvalue weighted by atomic mass is 10.1. The molecule has 0 saturated heterocycles. The third-order valence-electron chi connectivity index (χ3n) is 4.05. The van der Waals surface area contributed by atoms with Crippen LogP contribution in [0.25, 0.3) is 11.4 Å². The van der Waals surface area contributed by atoms with E-state index in [-0.39, 0.29) is 5.69 Å². The largest absolute Gasteiger partial charge is 0.355 e. The fourth-order valence-electron chi connectivity index (χ4n) is 2.67. The number of nitriles is 1. The highest BCUT2D eigenvalue weighted by atomic mass is 16.6. The third kappa shape index (κ3) is 4.25. The maximum Gasteiger partial charge on any atom is 0.270 e. The number of hydrogen-bond donors (Lipinski definition) is 0. The Balaban J connectivity index is 1.89. The van der Waals surface area contributed by atoms with Crippen LogP contribution in [0.15, 0.2) is 54.6 Å². The summed E-state index contributed by atoms with van der Waals surface area (Å²) in [6.45, 7) is 2.47. The molecule has 134 valence electrons. The Kier molecular flexibility index (Phi) is 5.08. The number of nitro benzene ring substituents is 1. The van der Waals surface area contributed by atoms with Crippen LogP contribution in [0.1, 0.15) is 16.8 Å². The SMILES string of the molecule is Cc1cc(N(C)Cc2ccc(C#N)cc2)nc(-c2cccc([N+](=O)[O-])c2)n1. The van der Waals surface area contributed by atoms with Gasteiger partial charge in [0.2, 0.25) is 0 Å². The van der Waals surface area contributed by atoms with E-state index >= 15 is 0 Å². The molecule has 3 aromatic rings. The average Bonchev–Trinajstić information content (AvgIpc) is 2.68. The van der Waals surface area contributed by atoms with Gasteiger partial charge in [0.1, 0.15) is 5.82 Å². The summed E-state index contributed by atoms with van der Waals surface area (Å²) in [5.41, 5.74) is 3.04. The zero-order chi connectivity index (χ0) is 19.4. The van der Waals surface area contributed by atoms with E-state index in [1.807, 2.05) is 37.1 Å². The molecule has 0 aliphatic heterocycles. The summed E-state index contributed by atoms with van der Waals surface area (Å²) in [5.74, 6) is 1.16. The molecule has 7 nitrogen and oxygen atoms in total. The molecule has 0 aliphatic carbocycles. The number of benzene rings is 2. The van der Waals surface area contributed by atoms with Crippen molar-refractivity contribution in [2.45, 2.75) is 13.5 Å². The van der Waals surface area contributed by atoms with Gasteiger partial charge < -0.3 is 4.90 Å². The van der Waals surface area contributed by atoms with Crippen LogP contribution in [0.2, 0.25) is 0 Å². The van der Waals surface area contributed by atoms with Gasteiger partial charge >= 0.3 is 0 Å². The van der Waals surface area contributed by atoms with Crippen molar-refractivity contribution in [3.8, 4) is 17.5 Å². The van der Waals surface area contributed by atoms with Crippen molar-refractivity contribution in [2.75, 3.05) is 11.9 Å². The molecule has 27 heavy (non-hydrogen) atoms. The Morgan fingerprint density at radius 3 is 2.56 bits per heavy atom. The minimum absolute atomic E-state index is 0.00472. The summed E-state index contributed by atoms with van der Waals surface area (Å²) < 4.78 is 0. The molecule has 0 radical (unpaired) electrons. The quantitative estimate of drug-likeness (QED) is 0.507. The first-order valence-electron chi connectivity index (χ1n) is 8.27. The molecule has 3 rings (SSSR count). The number of rotatable bonds is 5. The van der Waals surface area contributed by atoms with Gasteiger partial charge in [0.15, 0.2) is 5.82 Å². The highest BCUT2D eigenvalue weighted by molar-refractivity contribution is 5.61. The Bertz CT molecular complexity index is 1030. The molecule has 0 amide bonds. The first kappa shape index (κ1) is 18.0. The maximum absolute atomic E-state index is 11.0. The Hall–Kier alpha value is -3.79. The summed E-state index contributed by atoms with van der Waals surface area (Å²) in [4.78, 5) is 21.5. The van der Waals surface area contributed by atoms with Crippen LogP contribution in [0, 0.1) is 28.4 Å². The molecule has 0 bridgehead atoms. The molecule has 0 fully saturated rings. The second-order valence-corrected chi connectivity index (χ2v) is 6.16. The molecule has 0 unspecified atom stereocenters. The minimum Gasteiger partial charge on any atom is -0.355 e. The Morgan fingerprint density at radius 1 is 1.15 bits per heavy atom. The highest BCUT2D eigenvalue weighted by Crippen LogP contribution is 2.24. The van der Waals surface area contributed by atoms with Crippen LogP contribution in [0.5, 0.6) is 0 Å². The standard InChI is InChI=1S/C20H17N5O2/c1-14-10-19(24(2)13-16-8-6-15(12-21)7-9-16)23-20(22-14)17-4-3-5-18(11-17)25(26)27/h3-11H,13H2,1-2H3. The smallest absolute Gasteiger partial charge is 0.270 e. The molecule has 1 heterocycles. The van der Waals surface area contributed by atoms with Gasteiger partial charge in [-0.1, -0.05) is 24.3 Å². The topological polar surface area (TPSA) is 96.0 Å². The second-order valence-electron chi connectivity index (χ2n) is 6.16. The van der Waals surface area contributed by atoms with Crippen molar-refractivity contribution in [3.63, 3.8) is 0 Å². The number of aryl methyl sites for hydroxylation is 1. The molecule has 1 aromatic heterocycles. The van der Waals surface area contributed by atoms with Gasteiger partial charge in [0.25, 0.3) is 5.69 Å². The van der Waals surface area contributed by atoms with Crippen LogP contribution in [-0.2, 0) is 6.54 Å². The Labute approximate surface area is 156 Å². The molecule has 7 heteroatoms. The van der Waals surface area contributed by atoms with E-state index in [9.17, 15) is 10.1 Å². The van der Waals surface area contributed by atoms with Crippen molar-refractivity contribution in [3.05, 3.63) is 81.5 Å². The van der Waals surface area contributed by atoms with Crippen LogP contribution in [0.3, 0.4) is 0 Å². The highest BCUT2D eigenvalue weighted by Gasteiger charge is 2.12. The zero-order valence-corrected chi connectivity index (χ0v) is 15.0. The van der Waals surface area contributed by atoms with E-state index < -0.39 is 4.92 Å². The van der Waals surface area contributed by atoms with Gasteiger partial charge in [0.05, 0.1) is 16.6 Å². The van der Waals surface area contributed by atoms with Crippen molar-refractivity contribution in [1.82, 2.24) is 9.97 Å². The van der Waals surface area contributed by atoms with Gasteiger partial charge in [0, 0.05) is 43.0 Å². The molecular weight excluding hydrogens is 342 g/mol. The summed E-state index contributed by atoms with van der Waals surface area (Å²) in [6, 6.07) is 17.6. The number of nitro groups is 1. The summed E-state index contributed by atoms with van der Waals surface area (Å²) in [7, 11) is 1.91. The van der Waals surface area contributed by atoms with Gasteiger partial charge in [-0.25, -0.2) is 9.97 Å². The lowest BCUT2D eigenvalue weighted by Crippen LogP contribution is -2.18. The third-order valence-corrected chi connectivity index (χ3v) is 4.05. The van der Waals surface area contributed by atoms with Crippen molar-refractivity contribution in [2.24, 2.45) is 0 Å². The minimum atomic E-state index is -0.433. The van der Waals surface area contributed by atoms with E-state index in [2.05, 4.69) is 16.0 Å². The van der Waals surface area contributed by atoms with Crippen molar-refractivity contribution in [1.29, 1.82) is 5.26 Å². The monoisotopic (exact) mass is 359 g/mol. The van der Waals surface area contributed by atoms with Gasteiger partial charge in [-0.05, 0) is 24.6 Å². The molecule has 0 atom stereocenters. The number of aromatic nitrogens is 2. The van der Waals surface area contributed by atoms with E-state index in [4.69, 9.17) is 5.26 Å². The van der Waals surface area contributed by atoms with Crippen LogP contribution in [0.4, 0.5) is 11.5 Å². The molecule has 0 aliphatic rings. The summed E-state index contributed by atoms with van der Waals surface area (Å²) in [5, 5.41) is 19.9. The number of hydrogen-bond acceptors (Lipinski definition) is 6. The Morgan fingerprint density at radius 2 is 1.89 bits per heavy atom. The molecular formula is C20H17N5O2. The fraction of sp³-hybridized carbons (Fsp3) is 0.150. The number of anilines is 1. The van der Waals surface area contributed by atoms with Crippen molar-refractivity contribution < 1.29 is 4.92 Å². The van der Waals surface area contributed by atoms with Gasteiger partial charge in [-0.3, -0.25) is 10.1 Å². The van der Waals surface area contributed by atoms with E-state index in [1.165, 1.54) is 12.1 Å². The first-order chi connectivity index (χ1) is 13.0. The molecule has 0 spiro atoms. The first-order valence-corrected chi connectivity index (χ1v) is 8.27. The van der Waals surface area contributed by atoms with Crippen LogP contribution < -0.4 is 4.90 Å². The van der Waals surface area contributed by atoms with E-state index in [0.29, 0.717) is 29.3 Å². The average molecular weight is 359 g/mol. The number of nitrogens with zero attached hydrogens (tertiary/aromatic N) is 5. The molecule has 0 N–H and O–H groups in total. The van der Waals surface area contributed by atoms with Gasteiger partial charge in [-0.2, -0.15) is 5.26 Å². The number of non-ortho nitro benzene ring substituents is 1. The van der Waals surface area contributed by atoms with Crippen molar-refractivity contribution >= 4 is 11.5 Å². The summed E-state index contributed by atoms with van der Waals surface area (Å²) in [6.07, 6.45) is 0. The summed E-state index contributed by atoms with van der Waals surface area (Å²) >= 11 is 0. The zero-order valence-electron chi connectivity index (χ0n) is 15.0. The van der Waals surface area contributed by atoms with Crippen LogP contribution >= 0.6 is 0 Å². The predicted octanol–water partition coefficient (Wildman–Crippen LogP) is 3.87. The second kappa shape index (κ2) is 7.62. The lowest BCUT2D eigenvalue weighted by molar-refractivity contribution is -0.384. The van der Waals surface area contributed by atoms with Gasteiger partial charge in [-0.15, -0.1) is 0 Å². The maximum atomic E-state index is 11.0. The van der Waals surface area contributed by atoms with E-state index in [1.54, 1.807) is 24.3 Å². The predicted molar refractivity (Wildman–Crippen MR) is 102 cm³/mol. The molecule has 0 saturated carbocycles. The van der Waals surface area contributed by atoms with Crippen LogP contribution in [-0.4, -0.2) is 21.9 Å². The fourth-order valence-corrected chi connectivity index (χ4v) is 2.67. The lowest BCUT2D eigenvalue weighted by Gasteiger charge is -2.19. The normalized spacial score (nSPS) is 10.3.